The number of hydrogen-bond acceptors (Lipinski definition) is 4. The minimum atomic E-state index is 0.313. The van der Waals surface area contributed by atoms with Crippen molar-refractivity contribution in [2.45, 2.75) is 6.54 Å². The van der Waals surface area contributed by atoms with Gasteiger partial charge in [0.15, 0.2) is 6.29 Å². The fourth-order valence-corrected chi connectivity index (χ4v) is 1.47. The molecule has 0 bridgehead atoms. The molecule has 88 valence electrons. The van der Waals surface area contributed by atoms with Gasteiger partial charge in [0.1, 0.15) is 18.1 Å². The first kappa shape index (κ1) is 11.6. The van der Waals surface area contributed by atoms with Crippen LogP contribution in [-0.4, -0.2) is 27.9 Å². The number of aldehydes is 1. The van der Waals surface area contributed by atoms with Crippen LogP contribution in [0.2, 0.25) is 5.02 Å². The molecule has 0 saturated heterocycles. The SMILES string of the molecule is O=Cc1cn(CCOc2cccc(Cl)c2)nn1. The molecule has 0 atom stereocenters. The summed E-state index contributed by atoms with van der Waals surface area (Å²) in [6, 6.07) is 7.16. The normalized spacial score (nSPS) is 10.2. The van der Waals surface area contributed by atoms with Gasteiger partial charge < -0.3 is 4.74 Å². The van der Waals surface area contributed by atoms with E-state index in [0.717, 1.165) is 0 Å². The van der Waals surface area contributed by atoms with Crippen LogP contribution in [0.3, 0.4) is 0 Å². The second-order valence-corrected chi connectivity index (χ2v) is 3.77. The van der Waals surface area contributed by atoms with Gasteiger partial charge in [-0.2, -0.15) is 0 Å². The zero-order valence-electron chi connectivity index (χ0n) is 8.91. The van der Waals surface area contributed by atoms with E-state index in [4.69, 9.17) is 16.3 Å². The molecule has 6 heteroatoms. The molecule has 1 heterocycles. The van der Waals surface area contributed by atoms with Gasteiger partial charge in [-0.15, -0.1) is 5.10 Å². The predicted octanol–water partition coefficient (Wildman–Crippen LogP) is 1.82. The topological polar surface area (TPSA) is 57.0 Å². The van der Waals surface area contributed by atoms with Crippen LogP contribution >= 0.6 is 11.6 Å². The molecule has 0 N–H and O–H groups in total. The molecule has 0 aliphatic carbocycles. The minimum Gasteiger partial charge on any atom is -0.492 e. The number of halogens is 1. The summed E-state index contributed by atoms with van der Waals surface area (Å²) in [5, 5.41) is 8.04. The fourth-order valence-electron chi connectivity index (χ4n) is 1.29. The molecule has 0 saturated carbocycles. The maximum atomic E-state index is 10.4. The first-order valence-corrected chi connectivity index (χ1v) is 5.39. The Bertz CT molecular complexity index is 513. The molecule has 0 unspecified atom stereocenters. The Hall–Kier alpha value is -1.88. The summed E-state index contributed by atoms with van der Waals surface area (Å²) in [6.45, 7) is 0.954. The molecule has 5 nitrogen and oxygen atoms in total. The summed E-state index contributed by atoms with van der Waals surface area (Å²) >= 11 is 5.82. The Morgan fingerprint density at radius 2 is 2.35 bits per heavy atom. The number of carbonyl (C=O) groups excluding carboxylic acids is 1. The Kier molecular flexibility index (Phi) is 3.72. The second-order valence-electron chi connectivity index (χ2n) is 3.33. The van der Waals surface area contributed by atoms with Crippen LogP contribution in [0.1, 0.15) is 10.5 Å². The number of hydrogen-bond donors (Lipinski definition) is 0. The molecule has 1 aromatic carbocycles. The summed E-state index contributed by atoms with van der Waals surface area (Å²) in [4.78, 5) is 10.4. The first-order chi connectivity index (χ1) is 8.28. The lowest BCUT2D eigenvalue weighted by Crippen LogP contribution is -2.08. The van der Waals surface area contributed by atoms with Crippen molar-refractivity contribution in [3.05, 3.63) is 41.2 Å². The summed E-state index contributed by atoms with van der Waals surface area (Å²) < 4.78 is 7.02. The zero-order chi connectivity index (χ0) is 12.1. The van der Waals surface area contributed by atoms with Crippen LogP contribution in [0, 0.1) is 0 Å². The fraction of sp³-hybridized carbons (Fsp3) is 0.182. The van der Waals surface area contributed by atoms with Crippen molar-refractivity contribution in [2.75, 3.05) is 6.61 Å². The molecular weight excluding hydrogens is 242 g/mol. The van der Waals surface area contributed by atoms with Gasteiger partial charge in [-0.05, 0) is 18.2 Å². The minimum absolute atomic E-state index is 0.313. The molecule has 2 aromatic rings. The molecule has 0 aliphatic rings. The molecule has 0 radical (unpaired) electrons. The van der Waals surface area contributed by atoms with Gasteiger partial charge in [-0.3, -0.25) is 4.79 Å². The smallest absolute Gasteiger partial charge is 0.171 e. The lowest BCUT2D eigenvalue weighted by atomic mass is 10.3. The van der Waals surface area contributed by atoms with Gasteiger partial charge in [-0.25, -0.2) is 4.68 Å². The van der Waals surface area contributed by atoms with Crippen LogP contribution in [-0.2, 0) is 6.54 Å². The number of ether oxygens (including phenoxy) is 1. The second kappa shape index (κ2) is 5.45. The summed E-state index contributed by atoms with van der Waals surface area (Å²) in [7, 11) is 0. The highest BCUT2D eigenvalue weighted by Gasteiger charge is 1.99. The van der Waals surface area contributed by atoms with Crippen molar-refractivity contribution in [3.8, 4) is 5.75 Å². The average Bonchev–Trinajstić information content (AvgIpc) is 2.77. The molecule has 17 heavy (non-hydrogen) atoms. The standard InChI is InChI=1S/C11H10ClN3O2/c12-9-2-1-3-11(6-9)17-5-4-15-7-10(8-16)13-14-15/h1-3,6-8H,4-5H2. The lowest BCUT2D eigenvalue weighted by Gasteiger charge is -2.05. The molecule has 0 amide bonds. The van der Waals surface area contributed by atoms with E-state index in [0.29, 0.717) is 35.9 Å². The number of carbonyl (C=O) groups is 1. The van der Waals surface area contributed by atoms with Crippen LogP contribution in [0.25, 0.3) is 0 Å². The highest BCUT2D eigenvalue weighted by atomic mass is 35.5. The number of rotatable bonds is 5. The van der Waals surface area contributed by atoms with E-state index in [1.54, 1.807) is 23.0 Å². The Labute approximate surface area is 103 Å². The van der Waals surface area contributed by atoms with Crippen LogP contribution in [0.5, 0.6) is 5.75 Å². The van der Waals surface area contributed by atoms with E-state index >= 15 is 0 Å². The van der Waals surface area contributed by atoms with Crippen LogP contribution in [0.15, 0.2) is 30.5 Å². The van der Waals surface area contributed by atoms with Crippen LogP contribution in [0.4, 0.5) is 0 Å². The highest BCUT2D eigenvalue weighted by molar-refractivity contribution is 6.30. The average molecular weight is 252 g/mol. The quantitative estimate of drug-likeness (QED) is 0.761. The highest BCUT2D eigenvalue weighted by Crippen LogP contribution is 2.16. The third-order valence-electron chi connectivity index (χ3n) is 2.06. The van der Waals surface area contributed by atoms with Crippen molar-refractivity contribution < 1.29 is 9.53 Å². The summed E-state index contributed by atoms with van der Waals surface area (Å²) in [6.07, 6.45) is 2.22. The first-order valence-electron chi connectivity index (χ1n) is 5.01. The summed E-state index contributed by atoms with van der Waals surface area (Å²) in [5.41, 5.74) is 0.313. The van der Waals surface area contributed by atoms with E-state index in [-0.39, 0.29) is 0 Å². The van der Waals surface area contributed by atoms with E-state index < -0.39 is 0 Å². The van der Waals surface area contributed by atoms with Gasteiger partial charge >= 0.3 is 0 Å². The lowest BCUT2D eigenvalue weighted by molar-refractivity contribution is 0.111. The van der Waals surface area contributed by atoms with Gasteiger partial charge in [0, 0.05) is 5.02 Å². The van der Waals surface area contributed by atoms with Crippen molar-refractivity contribution in [2.24, 2.45) is 0 Å². The third kappa shape index (κ3) is 3.29. The van der Waals surface area contributed by atoms with E-state index in [2.05, 4.69) is 10.3 Å². The predicted molar refractivity (Wildman–Crippen MR) is 62.4 cm³/mol. The number of benzene rings is 1. The van der Waals surface area contributed by atoms with Crippen molar-refractivity contribution in [3.63, 3.8) is 0 Å². The van der Waals surface area contributed by atoms with Gasteiger partial charge in [-0.1, -0.05) is 22.9 Å². The summed E-state index contributed by atoms with van der Waals surface area (Å²) in [5.74, 6) is 0.702. The van der Waals surface area contributed by atoms with Gasteiger partial charge in [0.25, 0.3) is 0 Å². The molecule has 0 aliphatic heterocycles. The Morgan fingerprint density at radius 1 is 1.47 bits per heavy atom. The molecule has 2 rings (SSSR count). The van der Waals surface area contributed by atoms with E-state index in [9.17, 15) is 4.79 Å². The van der Waals surface area contributed by atoms with Crippen molar-refractivity contribution >= 4 is 17.9 Å². The molecule has 0 spiro atoms. The zero-order valence-corrected chi connectivity index (χ0v) is 9.67. The number of aromatic nitrogens is 3. The van der Waals surface area contributed by atoms with Crippen LogP contribution < -0.4 is 4.74 Å². The number of nitrogens with zero attached hydrogens (tertiary/aromatic N) is 3. The van der Waals surface area contributed by atoms with Gasteiger partial charge in [0.2, 0.25) is 0 Å². The Balaban J connectivity index is 1.85. The van der Waals surface area contributed by atoms with E-state index in [1.807, 2.05) is 12.1 Å². The maximum Gasteiger partial charge on any atom is 0.171 e. The maximum absolute atomic E-state index is 10.4. The largest absolute Gasteiger partial charge is 0.492 e. The molecular formula is C11H10ClN3O2. The van der Waals surface area contributed by atoms with E-state index in [1.165, 1.54) is 0 Å². The molecule has 1 aromatic heterocycles. The monoisotopic (exact) mass is 251 g/mol. The Morgan fingerprint density at radius 3 is 3.06 bits per heavy atom. The van der Waals surface area contributed by atoms with Crippen molar-refractivity contribution in [1.82, 2.24) is 15.0 Å². The van der Waals surface area contributed by atoms with Gasteiger partial charge in [0.05, 0.1) is 12.7 Å². The van der Waals surface area contributed by atoms with Crippen molar-refractivity contribution in [1.29, 1.82) is 0 Å². The molecule has 0 fully saturated rings. The third-order valence-corrected chi connectivity index (χ3v) is 2.30.